The number of aliphatic hydroxyl groups is 1. The Bertz CT molecular complexity index is 1090. The monoisotopic (exact) mass is 431 g/mol. The topological polar surface area (TPSA) is 93.1 Å². The van der Waals surface area contributed by atoms with Gasteiger partial charge in [0, 0.05) is 18.5 Å². The largest absolute Gasteiger partial charge is 0.495 e. The third kappa shape index (κ3) is 3.24. The fourth-order valence-electron chi connectivity index (χ4n) is 4.18. The van der Waals surface area contributed by atoms with Crippen molar-refractivity contribution in [1.82, 2.24) is 4.90 Å². The molecule has 0 saturated carbocycles. The predicted octanol–water partition coefficient (Wildman–Crippen LogP) is 2.72. The van der Waals surface area contributed by atoms with Crippen LogP contribution in [-0.4, -0.2) is 49.7 Å². The van der Waals surface area contributed by atoms with E-state index in [9.17, 15) is 18.3 Å². The third-order valence-electron chi connectivity index (χ3n) is 5.80. The minimum atomic E-state index is -3.89. The Hall–Kier alpha value is -2.58. The molecule has 0 unspecified atom stereocenters. The van der Waals surface area contributed by atoms with Crippen LogP contribution in [0.2, 0.25) is 0 Å². The molecule has 2 aromatic rings. The summed E-state index contributed by atoms with van der Waals surface area (Å²) in [6.07, 6.45) is 0.118. The zero-order valence-corrected chi connectivity index (χ0v) is 18.0. The van der Waals surface area contributed by atoms with Gasteiger partial charge in [0.15, 0.2) is 0 Å². The van der Waals surface area contributed by atoms with Crippen LogP contribution in [-0.2, 0) is 14.6 Å². The number of rotatable bonds is 4. The van der Waals surface area contributed by atoms with Gasteiger partial charge in [-0.2, -0.15) is 0 Å². The maximum Gasteiger partial charge on any atom is 0.223 e. The second-order valence-corrected chi connectivity index (χ2v) is 10.1. The Morgan fingerprint density at radius 3 is 2.60 bits per heavy atom. The average Bonchev–Trinajstić information content (AvgIpc) is 3.13. The smallest absolute Gasteiger partial charge is 0.223 e. The molecule has 0 spiro atoms. The summed E-state index contributed by atoms with van der Waals surface area (Å²) in [6, 6.07) is 10.3. The second kappa shape index (κ2) is 7.28. The number of para-hydroxylation sites is 1. The van der Waals surface area contributed by atoms with Gasteiger partial charge in [0.1, 0.15) is 28.1 Å². The number of carbonyl (C=O) groups is 1. The molecule has 2 atom stereocenters. The van der Waals surface area contributed by atoms with E-state index in [0.29, 0.717) is 30.7 Å². The summed E-state index contributed by atoms with van der Waals surface area (Å²) in [5.41, 5.74) is -0.433. The number of hydrogen-bond acceptors (Lipinski definition) is 6. The first-order chi connectivity index (χ1) is 14.2. The number of fused-ring (bicyclic) bond motifs is 1. The lowest BCUT2D eigenvalue weighted by Gasteiger charge is -2.45. The maximum absolute atomic E-state index is 13.3. The zero-order chi connectivity index (χ0) is 21.7. The van der Waals surface area contributed by atoms with Crippen molar-refractivity contribution in [3.05, 3.63) is 48.0 Å². The molecule has 7 nitrogen and oxygen atoms in total. The number of sulfone groups is 1. The van der Waals surface area contributed by atoms with E-state index in [-0.39, 0.29) is 21.4 Å². The Morgan fingerprint density at radius 1 is 1.20 bits per heavy atom. The van der Waals surface area contributed by atoms with Crippen LogP contribution in [0.4, 0.5) is 0 Å². The molecule has 30 heavy (non-hydrogen) atoms. The minimum absolute atomic E-state index is 0.0536. The zero-order valence-electron chi connectivity index (χ0n) is 17.2. The van der Waals surface area contributed by atoms with Gasteiger partial charge in [-0.3, -0.25) is 4.79 Å². The van der Waals surface area contributed by atoms with Gasteiger partial charge >= 0.3 is 0 Å². The van der Waals surface area contributed by atoms with Gasteiger partial charge in [-0.15, -0.1) is 0 Å². The highest BCUT2D eigenvalue weighted by atomic mass is 32.2. The molecule has 0 aliphatic carbocycles. The van der Waals surface area contributed by atoms with E-state index in [2.05, 4.69) is 0 Å². The van der Waals surface area contributed by atoms with E-state index in [1.165, 1.54) is 25.3 Å². The Balaban J connectivity index is 1.86. The third-order valence-corrected chi connectivity index (χ3v) is 7.59. The lowest BCUT2D eigenvalue weighted by Crippen LogP contribution is -2.53. The number of benzene rings is 2. The Labute approximate surface area is 176 Å². The summed E-state index contributed by atoms with van der Waals surface area (Å²) in [5, 5.41) is 11.0. The van der Waals surface area contributed by atoms with Crippen molar-refractivity contribution >= 4 is 15.7 Å². The fraction of sp³-hybridized carbons (Fsp3) is 0.409. The van der Waals surface area contributed by atoms with Gasteiger partial charge in [-0.05, 0) is 50.6 Å². The van der Waals surface area contributed by atoms with Gasteiger partial charge in [0.25, 0.3) is 0 Å². The van der Waals surface area contributed by atoms with Crippen LogP contribution in [0, 0.1) is 0 Å². The molecule has 8 heteroatoms. The first-order valence-electron chi connectivity index (χ1n) is 9.85. The van der Waals surface area contributed by atoms with E-state index in [1.54, 1.807) is 43.0 Å². The SMILES string of the molecule is COc1ccccc1S(=O)(=O)c1ccc2c(c1)[C@H](N1CCCC1=O)[C@@H](O)C(C)(C)O2. The molecule has 2 aliphatic rings. The first kappa shape index (κ1) is 20.7. The van der Waals surface area contributed by atoms with Crippen LogP contribution in [0.1, 0.15) is 38.3 Å². The highest BCUT2D eigenvalue weighted by Crippen LogP contribution is 2.45. The van der Waals surface area contributed by atoms with Crippen LogP contribution >= 0.6 is 0 Å². The molecule has 0 aromatic heterocycles. The van der Waals surface area contributed by atoms with E-state index in [0.717, 1.165) is 0 Å². The molecule has 1 N–H and O–H groups in total. The number of likely N-dealkylation sites (tertiary alicyclic amines) is 1. The molecule has 2 aromatic carbocycles. The Morgan fingerprint density at radius 2 is 1.93 bits per heavy atom. The highest BCUT2D eigenvalue weighted by molar-refractivity contribution is 7.91. The summed E-state index contributed by atoms with van der Waals surface area (Å²) in [5.74, 6) is 0.661. The quantitative estimate of drug-likeness (QED) is 0.800. The number of amides is 1. The lowest BCUT2D eigenvalue weighted by molar-refractivity contribution is -0.139. The van der Waals surface area contributed by atoms with Crippen molar-refractivity contribution in [2.45, 2.75) is 54.2 Å². The molecule has 2 aliphatic heterocycles. The number of carbonyl (C=O) groups excluding carboxylic acids is 1. The number of methoxy groups -OCH3 is 1. The molecule has 0 bridgehead atoms. The van der Waals surface area contributed by atoms with Crippen molar-refractivity contribution in [2.75, 3.05) is 13.7 Å². The summed E-state index contributed by atoms with van der Waals surface area (Å²) < 4.78 is 37.9. The second-order valence-electron chi connectivity index (χ2n) is 8.14. The Kier molecular flexibility index (Phi) is 5.02. The van der Waals surface area contributed by atoms with E-state index in [4.69, 9.17) is 9.47 Å². The molecule has 160 valence electrons. The molecule has 2 heterocycles. The van der Waals surface area contributed by atoms with Gasteiger partial charge in [0.05, 0.1) is 18.0 Å². The van der Waals surface area contributed by atoms with E-state index in [1.807, 2.05) is 0 Å². The highest BCUT2D eigenvalue weighted by Gasteiger charge is 2.47. The number of nitrogens with zero attached hydrogens (tertiary/aromatic N) is 1. The molecule has 0 radical (unpaired) electrons. The molecule has 1 saturated heterocycles. The number of hydrogen-bond donors (Lipinski definition) is 1. The van der Waals surface area contributed by atoms with Crippen LogP contribution in [0.15, 0.2) is 52.3 Å². The van der Waals surface area contributed by atoms with Gasteiger partial charge in [-0.25, -0.2) is 8.42 Å². The average molecular weight is 432 g/mol. The molecule has 1 amide bonds. The van der Waals surface area contributed by atoms with Gasteiger partial charge in [0.2, 0.25) is 15.7 Å². The molecule has 1 fully saturated rings. The molecular formula is C22H25NO6S. The van der Waals surface area contributed by atoms with Crippen molar-refractivity contribution in [2.24, 2.45) is 0 Å². The minimum Gasteiger partial charge on any atom is -0.495 e. The van der Waals surface area contributed by atoms with Crippen molar-refractivity contribution < 1.29 is 27.8 Å². The van der Waals surface area contributed by atoms with Crippen molar-refractivity contribution in [1.29, 1.82) is 0 Å². The normalized spacial score (nSPS) is 23.1. The first-order valence-corrected chi connectivity index (χ1v) is 11.3. The molecule has 4 rings (SSSR count). The fourth-order valence-corrected chi connectivity index (χ4v) is 5.64. The van der Waals surface area contributed by atoms with E-state index >= 15 is 0 Å². The number of aliphatic hydroxyl groups excluding tert-OH is 1. The van der Waals surface area contributed by atoms with E-state index < -0.39 is 27.6 Å². The van der Waals surface area contributed by atoms with Crippen molar-refractivity contribution in [3.63, 3.8) is 0 Å². The maximum atomic E-state index is 13.3. The predicted molar refractivity (Wildman–Crippen MR) is 109 cm³/mol. The summed E-state index contributed by atoms with van der Waals surface area (Å²) in [7, 11) is -2.47. The van der Waals surface area contributed by atoms with Crippen LogP contribution in [0.5, 0.6) is 11.5 Å². The van der Waals surface area contributed by atoms with Crippen LogP contribution in [0.25, 0.3) is 0 Å². The van der Waals surface area contributed by atoms with Gasteiger partial charge < -0.3 is 19.5 Å². The summed E-state index contributed by atoms with van der Waals surface area (Å²) in [6.45, 7) is 4.03. The molecular weight excluding hydrogens is 406 g/mol. The summed E-state index contributed by atoms with van der Waals surface area (Å²) >= 11 is 0. The van der Waals surface area contributed by atoms with Crippen LogP contribution in [0.3, 0.4) is 0 Å². The van der Waals surface area contributed by atoms with Crippen LogP contribution < -0.4 is 9.47 Å². The van der Waals surface area contributed by atoms with Gasteiger partial charge in [-0.1, -0.05) is 12.1 Å². The van der Waals surface area contributed by atoms with Crippen molar-refractivity contribution in [3.8, 4) is 11.5 Å². The lowest BCUT2D eigenvalue weighted by atomic mass is 9.85. The standard InChI is InChI=1S/C22H25NO6S/c1-22(2)21(25)20(23-12-6-9-19(23)24)15-13-14(10-11-16(15)29-22)30(26,27)18-8-5-4-7-17(18)28-3/h4-5,7-8,10-11,13,20-21,25H,6,9,12H2,1-3H3/t20-,21+/m0/s1. The number of ether oxygens (including phenoxy) is 2. The summed E-state index contributed by atoms with van der Waals surface area (Å²) in [4.78, 5) is 14.2.